The zero-order valence-corrected chi connectivity index (χ0v) is 16.4. The molecule has 0 unspecified atom stereocenters. The third-order valence-electron chi connectivity index (χ3n) is 4.44. The standard InChI is InChI=1S/C21H23F2N3O3/c1-12-5-14(8-16(6-12)29-11-19(22)23)10-24-21(28)17-7-13(2)25-20(26-17)9-18(27)15-3-4-15/h5-8,15,19H,3-4,9-11H2,1-2H3,(H,24,28). The molecule has 1 N–H and O–H groups in total. The van der Waals surface area contributed by atoms with E-state index in [2.05, 4.69) is 15.3 Å². The van der Waals surface area contributed by atoms with Gasteiger partial charge in [-0.25, -0.2) is 18.7 Å². The zero-order valence-electron chi connectivity index (χ0n) is 16.4. The Morgan fingerprint density at radius 1 is 1.17 bits per heavy atom. The lowest BCUT2D eigenvalue weighted by molar-refractivity contribution is -0.119. The molecular weight excluding hydrogens is 380 g/mol. The molecule has 2 aromatic rings. The summed E-state index contributed by atoms with van der Waals surface area (Å²) in [7, 11) is 0. The number of aromatic nitrogens is 2. The Hall–Kier alpha value is -2.90. The van der Waals surface area contributed by atoms with E-state index in [9.17, 15) is 18.4 Å². The van der Waals surface area contributed by atoms with Gasteiger partial charge >= 0.3 is 0 Å². The van der Waals surface area contributed by atoms with Crippen LogP contribution in [-0.4, -0.2) is 34.7 Å². The van der Waals surface area contributed by atoms with Gasteiger partial charge in [-0.3, -0.25) is 9.59 Å². The Labute approximate surface area is 167 Å². The second kappa shape index (κ2) is 9.07. The molecule has 1 fully saturated rings. The van der Waals surface area contributed by atoms with Gasteiger partial charge in [0.15, 0.2) is 0 Å². The van der Waals surface area contributed by atoms with Crippen LogP contribution in [0.5, 0.6) is 5.75 Å². The molecule has 0 saturated heterocycles. The van der Waals surface area contributed by atoms with E-state index >= 15 is 0 Å². The van der Waals surface area contributed by atoms with Gasteiger partial charge in [-0.05, 0) is 56.0 Å². The van der Waals surface area contributed by atoms with Crippen LogP contribution in [0.2, 0.25) is 0 Å². The van der Waals surface area contributed by atoms with Crippen molar-refractivity contribution in [1.29, 1.82) is 0 Å². The van der Waals surface area contributed by atoms with Gasteiger partial charge in [-0.15, -0.1) is 0 Å². The fourth-order valence-corrected chi connectivity index (χ4v) is 2.97. The van der Waals surface area contributed by atoms with Gasteiger partial charge in [0.1, 0.15) is 29.7 Å². The van der Waals surface area contributed by atoms with Crippen LogP contribution in [-0.2, 0) is 17.8 Å². The summed E-state index contributed by atoms with van der Waals surface area (Å²) in [5.74, 6) is 0.503. The molecule has 1 saturated carbocycles. The van der Waals surface area contributed by atoms with Gasteiger partial charge in [0.2, 0.25) is 0 Å². The summed E-state index contributed by atoms with van der Waals surface area (Å²) in [6.07, 6.45) is -0.592. The molecule has 6 nitrogen and oxygen atoms in total. The summed E-state index contributed by atoms with van der Waals surface area (Å²) >= 11 is 0. The van der Waals surface area contributed by atoms with Gasteiger partial charge < -0.3 is 10.1 Å². The largest absolute Gasteiger partial charge is 0.488 e. The van der Waals surface area contributed by atoms with Crippen LogP contribution in [0.1, 0.15) is 46.0 Å². The minimum atomic E-state index is -2.55. The maximum absolute atomic E-state index is 12.5. The number of aryl methyl sites for hydroxylation is 2. The van der Waals surface area contributed by atoms with E-state index in [0.717, 1.165) is 24.0 Å². The fraction of sp³-hybridized carbons (Fsp3) is 0.429. The number of ether oxygens (including phenoxy) is 1. The molecule has 0 spiro atoms. The van der Waals surface area contributed by atoms with E-state index in [-0.39, 0.29) is 30.4 Å². The van der Waals surface area contributed by atoms with Gasteiger partial charge in [0.05, 0.1) is 6.42 Å². The highest BCUT2D eigenvalue weighted by Gasteiger charge is 2.30. The predicted octanol–water partition coefficient (Wildman–Crippen LogP) is 3.19. The second-order valence-electron chi connectivity index (χ2n) is 7.27. The molecule has 0 atom stereocenters. The number of nitrogens with zero attached hydrogens (tertiary/aromatic N) is 2. The van der Waals surface area contributed by atoms with Crippen molar-refractivity contribution in [3.05, 3.63) is 52.6 Å². The zero-order chi connectivity index (χ0) is 21.0. The number of rotatable bonds is 9. The Morgan fingerprint density at radius 2 is 1.93 bits per heavy atom. The normalized spacial score (nSPS) is 13.4. The highest BCUT2D eigenvalue weighted by molar-refractivity contribution is 5.92. The average Bonchev–Trinajstić information content (AvgIpc) is 3.49. The van der Waals surface area contributed by atoms with Crippen LogP contribution in [0.25, 0.3) is 0 Å². The van der Waals surface area contributed by atoms with Crippen LogP contribution < -0.4 is 10.1 Å². The molecule has 3 rings (SSSR count). The SMILES string of the molecule is Cc1cc(CNC(=O)c2cc(C)nc(CC(=O)C3CC3)n2)cc(OCC(F)F)c1. The van der Waals surface area contributed by atoms with Gasteiger partial charge in [0, 0.05) is 18.2 Å². The van der Waals surface area contributed by atoms with Crippen LogP contribution in [0.3, 0.4) is 0 Å². The third kappa shape index (κ3) is 6.30. The van der Waals surface area contributed by atoms with Gasteiger partial charge in [-0.2, -0.15) is 0 Å². The van der Waals surface area contributed by atoms with Crippen molar-refractivity contribution in [2.24, 2.45) is 5.92 Å². The molecular formula is C21H23F2N3O3. The number of nitrogens with one attached hydrogen (secondary N) is 1. The minimum absolute atomic E-state index is 0.109. The second-order valence-corrected chi connectivity index (χ2v) is 7.27. The van der Waals surface area contributed by atoms with Crippen molar-refractivity contribution in [2.75, 3.05) is 6.61 Å². The van der Waals surface area contributed by atoms with Crippen LogP contribution in [0.15, 0.2) is 24.3 Å². The number of halogens is 2. The number of hydrogen-bond donors (Lipinski definition) is 1. The summed E-state index contributed by atoms with van der Waals surface area (Å²) in [5.41, 5.74) is 2.36. The van der Waals surface area contributed by atoms with E-state index in [1.807, 2.05) is 13.0 Å². The average molecular weight is 403 g/mol. The highest BCUT2D eigenvalue weighted by atomic mass is 19.3. The first-order valence-corrected chi connectivity index (χ1v) is 9.47. The molecule has 0 aliphatic heterocycles. The van der Waals surface area contributed by atoms with Gasteiger partial charge in [0.25, 0.3) is 12.3 Å². The lowest BCUT2D eigenvalue weighted by Crippen LogP contribution is -2.25. The lowest BCUT2D eigenvalue weighted by Gasteiger charge is -2.11. The smallest absolute Gasteiger partial charge is 0.272 e. The summed E-state index contributed by atoms with van der Waals surface area (Å²) in [4.78, 5) is 33.0. The van der Waals surface area contributed by atoms with Crippen LogP contribution >= 0.6 is 0 Å². The first-order valence-electron chi connectivity index (χ1n) is 9.47. The van der Waals surface area contributed by atoms with Crippen molar-refractivity contribution in [1.82, 2.24) is 15.3 Å². The van der Waals surface area contributed by atoms with E-state index in [1.165, 1.54) is 0 Å². The molecule has 8 heteroatoms. The Bertz CT molecular complexity index is 914. The van der Waals surface area contributed by atoms with Crippen molar-refractivity contribution >= 4 is 11.7 Å². The first-order chi connectivity index (χ1) is 13.8. The van der Waals surface area contributed by atoms with Crippen LogP contribution in [0, 0.1) is 19.8 Å². The predicted molar refractivity (Wildman–Crippen MR) is 102 cm³/mol. The maximum Gasteiger partial charge on any atom is 0.272 e. The number of carbonyl (C=O) groups is 2. The quantitative estimate of drug-likeness (QED) is 0.696. The molecule has 0 bridgehead atoms. The van der Waals surface area contributed by atoms with Gasteiger partial charge in [-0.1, -0.05) is 6.07 Å². The monoisotopic (exact) mass is 403 g/mol. The molecule has 154 valence electrons. The molecule has 1 amide bonds. The van der Waals surface area contributed by atoms with E-state index in [0.29, 0.717) is 17.3 Å². The Morgan fingerprint density at radius 3 is 2.62 bits per heavy atom. The number of carbonyl (C=O) groups excluding carboxylic acids is 2. The lowest BCUT2D eigenvalue weighted by atomic mass is 10.1. The summed E-state index contributed by atoms with van der Waals surface area (Å²) < 4.78 is 29.7. The topological polar surface area (TPSA) is 81.2 Å². The number of amides is 1. The molecule has 1 aromatic heterocycles. The van der Waals surface area contributed by atoms with Crippen LogP contribution in [0.4, 0.5) is 8.78 Å². The summed E-state index contributed by atoms with van der Waals surface area (Å²) in [5, 5.41) is 2.76. The van der Waals surface area contributed by atoms with E-state index in [4.69, 9.17) is 4.74 Å². The van der Waals surface area contributed by atoms with Crippen molar-refractivity contribution < 1.29 is 23.1 Å². The summed E-state index contributed by atoms with van der Waals surface area (Å²) in [6, 6.07) is 6.67. The van der Waals surface area contributed by atoms with Crippen molar-refractivity contribution in [2.45, 2.75) is 46.1 Å². The highest BCUT2D eigenvalue weighted by Crippen LogP contribution is 2.30. The molecule has 1 aliphatic rings. The molecule has 0 radical (unpaired) electrons. The molecule has 1 heterocycles. The molecule has 29 heavy (non-hydrogen) atoms. The Balaban J connectivity index is 1.64. The molecule has 1 aromatic carbocycles. The third-order valence-corrected chi connectivity index (χ3v) is 4.44. The van der Waals surface area contributed by atoms with Crippen molar-refractivity contribution in [3.8, 4) is 5.75 Å². The number of Topliss-reactive ketones (excluding diaryl/α,β-unsaturated/α-hetero) is 1. The number of alkyl halides is 2. The fourth-order valence-electron chi connectivity index (χ4n) is 2.97. The molecule has 1 aliphatic carbocycles. The Kier molecular flexibility index (Phi) is 6.51. The van der Waals surface area contributed by atoms with E-state index in [1.54, 1.807) is 25.1 Å². The summed E-state index contributed by atoms with van der Waals surface area (Å²) in [6.45, 7) is 3.07. The maximum atomic E-state index is 12.5. The number of hydrogen-bond acceptors (Lipinski definition) is 5. The minimum Gasteiger partial charge on any atom is -0.488 e. The van der Waals surface area contributed by atoms with Crippen molar-refractivity contribution in [3.63, 3.8) is 0 Å². The first kappa shape index (κ1) is 20.8. The number of benzene rings is 1. The van der Waals surface area contributed by atoms with E-state index < -0.39 is 18.9 Å². The number of ketones is 1.